The van der Waals surface area contributed by atoms with E-state index in [0.717, 1.165) is 8.58 Å². The van der Waals surface area contributed by atoms with Crippen LogP contribution >= 0.6 is 8.58 Å². The maximum Gasteiger partial charge on any atom is 0.0262 e. The van der Waals surface area contributed by atoms with Gasteiger partial charge in [-0.15, -0.1) is 8.58 Å². The zero-order chi connectivity index (χ0) is 16.2. The third kappa shape index (κ3) is 6.88. The molecular formula is C22H31P. The van der Waals surface area contributed by atoms with Crippen LogP contribution in [0.2, 0.25) is 0 Å². The molecular weight excluding hydrogens is 295 g/mol. The molecule has 0 saturated heterocycles. The van der Waals surface area contributed by atoms with E-state index < -0.39 is 0 Å². The Morgan fingerprint density at radius 3 is 1.65 bits per heavy atom. The van der Waals surface area contributed by atoms with Gasteiger partial charge in [-0.25, -0.2) is 0 Å². The van der Waals surface area contributed by atoms with Crippen LogP contribution < -0.4 is 0 Å². The summed E-state index contributed by atoms with van der Waals surface area (Å²) in [7, 11) is 0.990. The van der Waals surface area contributed by atoms with Crippen molar-refractivity contribution >= 4 is 8.58 Å². The maximum absolute atomic E-state index is 2.29. The largest absolute Gasteiger partial charge is 0.110 e. The molecule has 1 unspecified atom stereocenters. The van der Waals surface area contributed by atoms with E-state index in [4.69, 9.17) is 0 Å². The van der Waals surface area contributed by atoms with E-state index in [0.29, 0.717) is 5.66 Å². The Bertz CT molecular complexity index is 467. The van der Waals surface area contributed by atoms with Crippen molar-refractivity contribution in [1.29, 1.82) is 0 Å². The molecule has 124 valence electrons. The van der Waals surface area contributed by atoms with Gasteiger partial charge in [-0.2, -0.15) is 0 Å². The summed E-state index contributed by atoms with van der Waals surface area (Å²) in [5.41, 5.74) is 3.53. The molecule has 0 amide bonds. The Morgan fingerprint density at radius 2 is 1.13 bits per heavy atom. The quantitative estimate of drug-likeness (QED) is 0.302. The van der Waals surface area contributed by atoms with Crippen LogP contribution in [0.4, 0.5) is 0 Å². The first-order valence-electron chi connectivity index (χ1n) is 9.25. The average molecular weight is 326 g/mol. The van der Waals surface area contributed by atoms with Crippen molar-refractivity contribution in [2.75, 3.05) is 6.16 Å². The van der Waals surface area contributed by atoms with Gasteiger partial charge in [-0.3, -0.25) is 0 Å². The van der Waals surface area contributed by atoms with E-state index >= 15 is 0 Å². The second-order valence-corrected chi connectivity index (χ2v) is 7.82. The van der Waals surface area contributed by atoms with E-state index in [-0.39, 0.29) is 0 Å². The molecule has 0 aliphatic rings. The number of rotatable bonds is 11. The topological polar surface area (TPSA) is 0 Å². The smallest absolute Gasteiger partial charge is 0.0262 e. The highest BCUT2D eigenvalue weighted by Gasteiger charge is 2.12. The molecule has 0 heterocycles. The zero-order valence-corrected chi connectivity index (χ0v) is 15.5. The van der Waals surface area contributed by atoms with E-state index in [1.54, 1.807) is 0 Å². The maximum atomic E-state index is 2.29. The molecule has 0 nitrogen and oxygen atoms in total. The molecule has 2 aromatic carbocycles. The molecule has 0 saturated carbocycles. The molecule has 2 rings (SSSR count). The lowest BCUT2D eigenvalue weighted by Crippen LogP contribution is -1.96. The van der Waals surface area contributed by atoms with Gasteiger partial charge in [0, 0.05) is 5.66 Å². The molecule has 0 aliphatic carbocycles. The van der Waals surface area contributed by atoms with E-state index in [1.165, 1.54) is 62.2 Å². The second-order valence-electron chi connectivity index (χ2n) is 6.33. The molecule has 1 heteroatoms. The molecule has 0 radical (unpaired) electrons. The van der Waals surface area contributed by atoms with E-state index in [1.807, 2.05) is 0 Å². The fourth-order valence-corrected chi connectivity index (χ4v) is 4.65. The van der Waals surface area contributed by atoms with Crippen LogP contribution in [0.25, 0.3) is 0 Å². The van der Waals surface area contributed by atoms with Crippen molar-refractivity contribution in [2.45, 2.75) is 57.5 Å². The fraction of sp³-hybridized carbons (Fsp3) is 0.455. The Hall–Kier alpha value is -1.13. The third-order valence-corrected chi connectivity index (χ3v) is 6.11. The highest BCUT2D eigenvalue weighted by Crippen LogP contribution is 2.40. The highest BCUT2D eigenvalue weighted by molar-refractivity contribution is 7.38. The number of unbranched alkanes of at least 4 members (excludes halogenated alkanes) is 6. The van der Waals surface area contributed by atoms with Gasteiger partial charge in [0.15, 0.2) is 0 Å². The second kappa shape index (κ2) is 11.4. The van der Waals surface area contributed by atoms with E-state index in [2.05, 4.69) is 67.6 Å². The minimum Gasteiger partial charge on any atom is -0.110 e. The molecule has 23 heavy (non-hydrogen) atoms. The number of hydrogen-bond acceptors (Lipinski definition) is 0. The van der Waals surface area contributed by atoms with Gasteiger partial charge in [0.1, 0.15) is 0 Å². The van der Waals surface area contributed by atoms with Crippen LogP contribution in [-0.2, 0) is 0 Å². The minimum absolute atomic E-state index is 0.581. The summed E-state index contributed by atoms with van der Waals surface area (Å²) in [5, 5.41) is 0. The summed E-state index contributed by atoms with van der Waals surface area (Å²) < 4.78 is 0. The van der Waals surface area contributed by atoms with Gasteiger partial charge < -0.3 is 0 Å². The third-order valence-electron chi connectivity index (χ3n) is 4.39. The monoisotopic (exact) mass is 326 g/mol. The highest BCUT2D eigenvalue weighted by atomic mass is 31.1. The SMILES string of the molecule is CCCCCCCCCPC(c1ccccc1)c1ccccc1. The van der Waals surface area contributed by atoms with Crippen molar-refractivity contribution < 1.29 is 0 Å². The molecule has 0 aromatic heterocycles. The normalized spacial score (nSPS) is 11.6. The van der Waals surface area contributed by atoms with Crippen LogP contribution in [0, 0.1) is 0 Å². The van der Waals surface area contributed by atoms with Crippen molar-refractivity contribution in [3.63, 3.8) is 0 Å². The van der Waals surface area contributed by atoms with Gasteiger partial charge in [-0.05, 0) is 23.7 Å². The Kier molecular flexibility index (Phi) is 9.04. The fourth-order valence-electron chi connectivity index (χ4n) is 3.05. The summed E-state index contributed by atoms with van der Waals surface area (Å²) in [6.45, 7) is 2.29. The lowest BCUT2D eigenvalue weighted by atomic mass is 10.0. The van der Waals surface area contributed by atoms with Crippen molar-refractivity contribution in [1.82, 2.24) is 0 Å². The van der Waals surface area contributed by atoms with Gasteiger partial charge in [-0.1, -0.05) is 106 Å². The molecule has 0 bridgehead atoms. The van der Waals surface area contributed by atoms with Crippen molar-refractivity contribution in [3.8, 4) is 0 Å². The molecule has 0 spiro atoms. The first-order chi connectivity index (χ1) is 11.4. The summed E-state index contributed by atoms with van der Waals surface area (Å²) in [5.74, 6) is 0. The Labute approximate surface area is 144 Å². The number of benzene rings is 2. The Balaban J connectivity index is 1.80. The van der Waals surface area contributed by atoms with Crippen LogP contribution in [0.5, 0.6) is 0 Å². The van der Waals surface area contributed by atoms with Crippen LogP contribution in [-0.4, -0.2) is 6.16 Å². The predicted molar refractivity (Wildman–Crippen MR) is 106 cm³/mol. The first-order valence-corrected chi connectivity index (χ1v) is 10.5. The number of hydrogen-bond donors (Lipinski definition) is 0. The summed E-state index contributed by atoms with van der Waals surface area (Å²) in [6.07, 6.45) is 11.2. The van der Waals surface area contributed by atoms with E-state index in [9.17, 15) is 0 Å². The lowest BCUT2D eigenvalue weighted by molar-refractivity contribution is 0.603. The molecule has 0 N–H and O–H groups in total. The molecule has 0 aliphatic heterocycles. The van der Waals surface area contributed by atoms with Crippen molar-refractivity contribution in [3.05, 3.63) is 71.8 Å². The van der Waals surface area contributed by atoms with Gasteiger partial charge in [0.25, 0.3) is 0 Å². The summed E-state index contributed by atoms with van der Waals surface area (Å²) in [6, 6.07) is 22.1. The molecule has 2 aromatic rings. The zero-order valence-electron chi connectivity index (χ0n) is 14.5. The molecule has 1 atom stereocenters. The van der Waals surface area contributed by atoms with Gasteiger partial charge in [0.05, 0.1) is 0 Å². The standard InChI is InChI=1S/C22H31P/c1-2-3-4-5-6-7-14-19-23-22(20-15-10-8-11-16-20)21-17-12-9-13-18-21/h8-13,15-18,22-23H,2-7,14,19H2,1H3. The minimum atomic E-state index is 0.581. The predicted octanol–water partition coefficient (Wildman–Crippen LogP) is 7.21. The van der Waals surface area contributed by atoms with Crippen LogP contribution in [0.3, 0.4) is 0 Å². The van der Waals surface area contributed by atoms with Gasteiger partial charge >= 0.3 is 0 Å². The average Bonchev–Trinajstić information content (AvgIpc) is 2.62. The van der Waals surface area contributed by atoms with Gasteiger partial charge in [0.2, 0.25) is 0 Å². The van der Waals surface area contributed by atoms with Crippen LogP contribution in [0.1, 0.15) is 68.7 Å². The summed E-state index contributed by atoms with van der Waals surface area (Å²) >= 11 is 0. The van der Waals surface area contributed by atoms with Crippen molar-refractivity contribution in [2.24, 2.45) is 0 Å². The lowest BCUT2D eigenvalue weighted by Gasteiger charge is -2.18. The Morgan fingerprint density at radius 1 is 0.652 bits per heavy atom. The molecule has 0 fully saturated rings. The summed E-state index contributed by atoms with van der Waals surface area (Å²) in [4.78, 5) is 0. The van der Waals surface area contributed by atoms with Crippen LogP contribution in [0.15, 0.2) is 60.7 Å². The first kappa shape index (κ1) is 18.2.